The summed E-state index contributed by atoms with van der Waals surface area (Å²) in [6.45, 7) is 3.53. The first-order valence-electron chi connectivity index (χ1n) is 6.00. The lowest BCUT2D eigenvalue weighted by molar-refractivity contribution is -0.384. The van der Waals surface area contributed by atoms with Gasteiger partial charge in [-0.15, -0.1) is 0 Å². The molecule has 1 rings (SSSR count). The van der Waals surface area contributed by atoms with Crippen LogP contribution in [-0.4, -0.2) is 44.9 Å². The standard InChI is InChI=1S/C11H18N4O4S/c1-3-14(2)7-6-13-20(18,19)9-4-5-10(12)11(8-9)15(16)17/h4-5,8,13H,3,6-7,12H2,1-2H3. The molecule has 0 saturated carbocycles. The highest BCUT2D eigenvalue weighted by atomic mass is 32.2. The van der Waals surface area contributed by atoms with E-state index >= 15 is 0 Å². The van der Waals surface area contributed by atoms with Crippen LogP contribution in [0, 0.1) is 10.1 Å². The largest absolute Gasteiger partial charge is 0.393 e. The number of sulfonamides is 1. The van der Waals surface area contributed by atoms with Gasteiger partial charge in [0.05, 0.1) is 9.82 Å². The minimum absolute atomic E-state index is 0.0698. The third-order valence-electron chi connectivity index (χ3n) is 2.83. The van der Waals surface area contributed by atoms with E-state index < -0.39 is 20.6 Å². The summed E-state index contributed by atoms with van der Waals surface area (Å²) in [5, 5.41) is 10.7. The fraction of sp³-hybridized carbons (Fsp3) is 0.455. The number of hydrogen-bond acceptors (Lipinski definition) is 6. The van der Waals surface area contributed by atoms with Gasteiger partial charge in [0.15, 0.2) is 0 Å². The molecule has 112 valence electrons. The van der Waals surface area contributed by atoms with Crippen molar-refractivity contribution in [3.05, 3.63) is 28.3 Å². The lowest BCUT2D eigenvalue weighted by atomic mass is 10.3. The van der Waals surface area contributed by atoms with Crippen molar-refractivity contribution >= 4 is 21.4 Å². The molecular formula is C11H18N4O4S. The van der Waals surface area contributed by atoms with Crippen molar-refractivity contribution in [2.24, 2.45) is 0 Å². The molecule has 0 aliphatic rings. The van der Waals surface area contributed by atoms with Crippen LogP contribution in [0.2, 0.25) is 0 Å². The summed E-state index contributed by atoms with van der Waals surface area (Å²) in [6, 6.07) is 3.42. The SMILES string of the molecule is CCN(C)CCNS(=O)(=O)c1ccc(N)c([N+](=O)[O-])c1. The van der Waals surface area contributed by atoms with Gasteiger partial charge >= 0.3 is 0 Å². The number of rotatable bonds is 7. The van der Waals surface area contributed by atoms with Crippen LogP contribution in [-0.2, 0) is 10.0 Å². The summed E-state index contributed by atoms with van der Waals surface area (Å²) in [7, 11) is -1.91. The lowest BCUT2D eigenvalue weighted by Crippen LogP contribution is -2.32. The maximum atomic E-state index is 12.0. The summed E-state index contributed by atoms with van der Waals surface area (Å²) < 4.78 is 26.4. The summed E-state index contributed by atoms with van der Waals surface area (Å²) in [6.07, 6.45) is 0. The Bertz CT molecular complexity index is 588. The Hall–Kier alpha value is -1.71. The molecule has 0 aliphatic carbocycles. The number of nitrogens with one attached hydrogen (secondary N) is 1. The second kappa shape index (κ2) is 6.64. The molecule has 9 heteroatoms. The highest BCUT2D eigenvalue weighted by Gasteiger charge is 2.19. The number of hydrogen-bond donors (Lipinski definition) is 2. The predicted octanol–water partition coefficient (Wildman–Crippen LogP) is 0.407. The third-order valence-corrected chi connectivity index (χ3v) is 4.29. The van der Waals surface area contributed by atoms with E-state index in [0.717, 1.165) is 12.6 Å². The number of nitrogens with two attached hydrogens (primary N) is 1. The summed E-state index contributed by atoms with van der Waals surface area (Å²) in [5.74, 6) is 0. The van der Waals surface area contributed by atoms with Crippen LogP contribution in [0.3, 0.4) is 0 Å². The molecular weight excluding hydrogens is 284 g/mol. The van der Waals surface area contributed by atoms with E-state index in [9.17, 15) is 18.5 Å². The van der Waals surface area contributed by atoms with E-state index in [2.05, 4.69) is 4.72 Å². The highest BCUT2D eigenvalue weighted by Crippen LogP contribution is 2.24. The molecule has 0 aromatic heterocycles. The van der Waals surface area contributed by atoms with Gasteiger partial charge in [-0.05, 0) is 25.7 Å². The zero-order valence-electron chi connectivity index (χ0n) is 11.4. The lowest BCUT2D eigenvalue weighted by Gasteiger charge is -2.14. The number of nitro groups is 1. The second-order valence-electron chi connectivity index (χ2n) is 4.27. The first kappa shape index (κ1) is 16.3. The predicted molar refractivity (Wildman–Crippen MR) is 75.9 cm³/mol. The van der Waals surface area contributed by atoms with Gasteiger partial charge in [0.1, 0.15) is 5.69 Å². The van der Waals surface area contributed by atoms with Crippen molar-refractivity contribution in [1.82, 2.24) is 9.62 Å². The van der Waals surface area contributed by atoms with Gasteiger partial charge in [0, 0.05) is 19.2 Å². The summed E-state index contributed by atoms with van der Waals surface area (Å²) >= 11 is 0. The van der Waals surface area contributed by atoms with Crippen molar-refractivity contribution in [2.75, 3.05) is 32.4 Å². The van der Waals surface area contributed by atoms with Gasteiger partial charge in [0.25, 0.3) is 5.69 Å². The number of nitrogens with zero attached hydrogens (tertiary/aromatic N) is 2. The third kappa shape index (κ3) is 4.15. The van der Waals surface area contributed by atoms with E-state index in [4.69, 9.17) is 5.73 Å². The van der Waals surface area contributed by atoms with E-state index in [1.807, 2.05) is 18.9 Å². The number of nitrogen functional groups attached to an aromatic ring is 1. The van der Waals surface area contributed by atoms with Gasteiger partial charge in [-0.1, -0.05) is 6.92 Å². The average Bonchev–Trinajstić information content (AvgIpc) is 2.38. The van der Waals surface area contributed by atoms with Crippen molar-refractivity contribution in [3.8, 4) is 0 Å². The van der Waals surface area contributed by atoms with E-state index in [0.29, 0.717) is 6.54 Å². The van der Waals surface area contributed by atoms with Gasteiger partial charge in [0.2, 0.25) is 10.0 Å². The topological polar surface area (TPSA) is 119 Å². The minimum atomic E-state index is -3.77. The molecule has 0 aliphatic heterocycles. The molecule has 0 bridgehead atoms. The zero-order valence-corrected chi connectivity index (χ0v) is 12.2. The molecule has 0 heterocycles. The summed E-state index contributed by atoms with van der Waals surface area (Å²) in [4.78, 5) is 11.8. The Morgan fingerprint density at radius 2 is 2.10 bits per heavy atom. The molecule has 20 heavy (non-hydrogen) atoms. The van der Waals surface area contributed by atoms with Crippen LogP contribution in [0.5, 0.6) is 0 Å². The van der Waals surface area contributed by atoms with Gasteiger partial charge in [-0.3, -0.25) is 10.1 Å². The normalized spacial score (nSPS) is 11.8. The quantitative estimate of drug-likeness (QED) is 0.428. The Morgan fingerprint density at radius 1 is 1.45 bits per heavy atom. The Kier molecular flexibility index (Phi) is 5.43. The van der Waals surface area contributed by atoms with Crippen LogP contribution in [0.1, 0.15) is 6.92 Å². The fourth-order valence-corrected chi connectivity index (χ4v) is 2.50. The van der Waals surface area contributed by atoms with Crippen LogP contribution >= 0.6 is 0 Å². The summed E-state index contributed by atoms with van der Waals surface area (Å²) in [5.41, 5.74) is 4.94. The molecule has 1 aromatic carbocycles. The van der Waals surface area contributed by atoms with Crippen LogP contribution in [0.25, 0.3) is 0 Å². The van der Waals surface area contributed by atoms with Gasteiger partial charge in [-0.2, -0.15) is 0 Å². The highest BCUT2D eigenvalue weighted by molar-refractivity contribution is 7.89. The molecule has 8 nitrogen and oxygen atoms in total. The molecule has 1 aromatic rings. The van der Waals surface area contributed by atoms with Crippen LogP contribution in [0.15, 0.2) is 23.1 Å². The Labute approximate surface area is 117 Å². The van der Waals surface area contributed by atoms with E-state index in [1.165, 1.54) is 12.1 Å². The van der Waals surface area contributed by atoms with Gasteiger partial charge < -0.3 is 10.6 Å². The molecule has 0 atom stereocenters. The maximum Gasteiger partial charge on any atom is 0.293 e. The van der Waals surface area contributed by atoms with Crippen molar-refractivity contribution in [2.45, 2.75) is 11.8 Å². The van der Waals surface area contributed by atoms with Gasteiger partial charge in [-0.25, -0.2) is 13.1 Å². The molecule has 0 spiro atoms. The molecule has 0 saturated heterocycles. The first-order valence-corrected chi connectivity index (χ1v) is 7.48. The number of anilines is 1. The Balaban J connectivity index is 2.88. The number of nitro benzene ring substituents is 1. The molecule has 0 unspecified atom stereocenters. The van der Waals surface area contributed by atoms with Crippen LogP contribution in [0.4, 0.5) is 11.4 Å². The molecule has 0 fully saturated rings. The smallest absolute Gasteiger partial charge is 0.293 e. The monoisotopic (exact) mass is 302 g/mol. The first-order chi connectivity index (χ1) is 9.27. The fourth-order valence-electron chi connectivity index (χ4n) is 1.46. The van der Waals surface area contributed by atoms with E-state index in [-0.39, 0.29) is 17.1 Å². The Morgan fingerprint density at radius 3 is 2.65 bits per heavy atom. The number of benzene rings is 1. The zero-order chi connectivity index (χ0) is 15.3. The van der Waals surface area contributed by atoms with Crippen molar-refractivity contribution in [3.63, 3.8) is 0 Å². The average molecular weight is 302 g/mol. The minimum Gasteiger partial charge on any atom is -0.393 e. The van der Waals surface area contributed by atoms with Crippen molar-refractivity contribution in [1.29, 1.82) is 0 Å². The van der Waals surface area contributed by atoms with E-state index in [1.54, 1.807) is 0 Å². The van der Waals surface area contributed by atoms with Crippen molar-refractivity contribution < 1.29 is 13.3 Å². The van der Waals surface area contributed by atoms with Crippen LogP contribution < -0.4 is 10.5 Å². The second-order valence-corrected chi connectivity index (χ2v) is 6.04. The molecule has 0 radical (unpaired) electrons. The molecule has 3 N–H and O–H groups in total. The maximum absolute atomic E-state index is 12.0. The number of likely N-dealkylation sites (N-methyl/N-ethyl adjacent to an activating group) is 1. The molecule has 0 amide bonds.